The second-order valence-corrected chi connectivity index (χ2v) is 7.35. The lowest BCUT2D eigenvalue weighted by atomic mass is 10.0. The Bertz CT molecular complexity index is 1110. The molecule has 0 saturated carbocycles. The van der Waals surface area contributed by atoms with Crippen LogP contribution < -0.4 is 0 Å². The van der Waals surface area contributed by atoms with E-state index in [0.29, 0.717) is 12.3 Å². The van der Waals surface area contributed by atoms with Crippen LogP contribution in [0.1, 0.15) is 55.1 Å². The number of pyridine rings is 1. The molecule has 28 heavy (non-hydrogen) atoms. The average molecular weight is 371 g/mol. The van der Waals surface area contributed by atoms with Crippen LogP contribution in [0.5, 0.6) is 0 Å². The molecule has 4 aromatic rings. The Balaban J connectivity index is 1.64. The van der Waals surface area contributed by atoms with Gasteiger partial charge in [-0.2, -0.15) is 0 Å². The minimum atomic E-state index is 0.192. The molecule has 0 fully saturated rings. The second-order valence-electron chi connectivity index (χ2n) is 7.35. The van der Waals surface area contributed by atoms with Gasteiger partial charge in [0.05, 0.1) is 23.1 Å². The van der Waals surface area contributed by atoms with Crippen LogP contribution in [0, 0.1) is 0 Å². The summed E-state index contributed by atoms with van der Waals surface area (Å²) in [6.07, 6.45) is 4.25. The van der Waals surface area contributed by atoms with Crippen molar-refractivity contribution in [1.82, 2.24) is 14.5 Å². The van der Waals surface area contributed by atoms with Crippen molar-refractivity contribution < 1.29 is 4.79 Å². The van der Waals surface area contributed by atoms with Crippen molar-refractivity contribution >= 4 is 27.7 Å². The Morgan fingerprint density at radius 3 is 2.61 bits per heavy atom. The Morgan fingerprint density at radius 2 is 1.82 bits per heavy atom. The average Bonchev–Trinajstić information content (AvgIpc) is 3.17. The SMILES string of the molecule is CCC(C)c1nc2ccccc2c2c1ncn2CCCC(=O)c1ccccc1. The topological polar surface area (TPSA) is 47.8 Å². The van der Waals surface area contributed by atoms with Crippen LogP contribution in [-0.4, -0.2) is 20.3 Å². The van der Waals surface area contributed by atoms with Gasteiger partial charge in [0, 0.05) is 29.8 Å². The van der Waals surface area contributed by atoms with Gasteiger partial charge in [0.15, 0.2) is 5.78 Å². The number of aromatic nitrogens is 3. The fourth-order valence-corrected chi connectivity index (χ4v) is 3.69. The number of nitrogens with zero attached hydrogens (tertiary/aromatic N) is 3. The van der Waals surface area contributed by atoms with E-state index >= 15 is 0 Å². The van der Waals surface area contributed by atoms with Crippen molar-refractivity contribution in [2.24, 2.45) is 0 Å². The van der Waals surface area contributed by atoms with Crippen LogP contribution in [0.2, 0.25) is 0 Å². The van der Waals surface area contributed by atoms with E-state index in [-0.39, 0.29) is 5.78 Å². The Hall–Kier alpha value is -3.01. The molecule has 0 spiro atoms. The smallest absolute Gasteiger partial charge is 0.162 e. The van der Waals surface area contributed by atoms with Gasteiger partial charge < -0.3 is 4.57 Å². The van der Waals surface area contributed by atoms with E-state index < -0.39 is 0 Å². The number of hydrogen-bond acceptors (Lipinski definition) is 3. The number of fused-ring (bicyclic) bond motifs is 3. The zero-order valence-electron chi connectivity index (χ0n) is 16.4. The zero-order valence-corrected chi connectivity index (χ0v) is 16.4. The standard InChI is InChI=1S/C24H25N3O/c1-3-17(2)22-23-24(19-12-7-8-13-20(19)26-22)27(16-25-23)15-9-14-21(28)18-10-5-4-6-11-18/h4-8,10-13,16-17H,3,9,14-15H2,1-2H3. The van der Waals surface area contributed by atoms with E-state index in [0.717, 1.165) is 52.6 Å². The number of carbonyl (C=O) groups is 1. The number of imidazole rings is 1. The van der Waals surface area contributed by atoms with Gasteiger partial charge in [0.2, 0.25) is 0 Å². The molecule has 0 saturated heterocycles. The number of Topliss-reactive ketones (excluding diaryl/α,β-unsaturated/α-hetero) is 1. The van der Waals surface area contributed by atoms with Crippen molar-refractivity contribution in [2.75, 3.05) is 0 Å². The molecule has 1 unspecified atom stereocenters. The highest BCUT2D eigenvalue weighted by Gasteiger charge is 2.17. The first kappa shape index (κ1) is 18.4. The maximum atomic E-state index is 12.4. The van der Waals surface area contributed by atoms with Crippen LogP contribution in [0.3, 0.4) is 0 Å². The third kappa shape index (κ3) is 3.42. The molecular weight excluding hydrogens is 346 g/mol. The maximum Gasteiger partial charge on any atom is 0.162 e. The monoisotopic (exact) mass is 371 g/mol. The summed E-state index contributed by atoms with van der Waals surface area (Å²) in [5, 5.41) is 1.12. The normalized spacial score (nSPS) is 12.5. The first-order valence-electron chi connectivity index (χ1n) is 10.0. The number of benzene rings is 2. The van der Waals surface area contributed by atoms with Crippen LogP contribution in [0.25, 0.3) is 21.9 Å². The molecule has 2 heterocycles. The highest BCUT2D eigenvalue weighted by atomic mass is 16.1. The van der Waals surface area contributed by atoms with Gasteiger partial charge in [-0.3, -0.25) is 9.78 Å². The highest BCUT2D eigenvalue weighted by molar-refractivity contribution is 6.03. The summed E-state index contributed by atoms with van der Waals surface area (Å²) in [7, 11) is 0. The summed E-state index contributed by atoms with van der Waals surface area (Å²) in [6.45, 7) is 5.15. The van der Waals surface area contributed by atoms with Gasteiger partial charge in [0.25, 0.3) is 0 Å². The first-order chi connectivity index (χ1) is 13.7. The number of ketones is 1. The minimum absolute atomic E-state index is 0.192. The van der Waals surface area contributed by atoms with Gasteiger partial charge in [-0.15, -0.1) is 0 Å². The molecule has 0 bridgehead atoms. The molecule has 0 aliphatic carbocycles. The summed E-state index contributed by atoms with van der Waals surface area (Å²) >= 11 is 0. The number of carbonyl (C=O) groups excluding carboxylic acids is 1. The van der Waals surface area contributed by atoms with Crippen LogP contribution in [-0.2, 0) is 6.54 Å². The molecule has 0 radical (unpaired) electrons. The number of para-hydroxylation sites is 1. The fraction of sp³-hybridized carbons (Fsp3) is 0.292. The largest absolute Gasteiger partial charge is 0.330 e. The molecule has 0 aliphatic rings. The van der Waals surface area contributed by atoms with Crippen LogP contribution in [0.15, 0.2) is 60.9 Å². The summed E-state index contributed by atoms with van der Waals surface area (Å²) in [4.78, 5) is 22.0. The predicted octanol–water partition coefficient (Wildman–Crippen LogP) is 5.76. The van der Waals surface area contributed by atoms with E-state index in [9.17, 15) is 4.79 Å². The van der Waals surface area contributed by atoms with E-state index in [1.807, 2.05) is 48.8 Å². The Labute approximate surface area is 165 Å². The van der Waals surface area contributed by atoms with Gasteiger partial charge in [-0.05, 0) is 18.9 Å². The molecule has 0 N–H and O–H groups in total. The summed E-state index contributed by atoms with van der Waals surface area (Å²) < 4.78 is 2.18. The Kier molecular flexibility index (Phi) is 5.20. The maximum absolute atomic E-state index is 12.4. The van der Waals surface area contributed by atoms with Crippen molar-refractivity contribution in [2.45, 2.75) is 45.6 Å². The molecule has 0 amide bonds. The number of hydrogen-bond donors (Lipinski definition) is 0. The van der Waals surface area contributed by atoms with Crippen molar-refractivity contribution in [3.05, 3.63) is 72.2 Å². The Morgan fingerprint density at radius 1 is 1.07 bits per heavy atom. The van der Waals surface area contributed by atoms with E-state index in [4.69, 9.17) is 9.97 Å². The van der Waals surface area contributed by atoms with E-state index in [1.165, 1.54) is 0 Å². The zero-order chi connectivity index (χ0) is 19.5. The molecule has 2 aromatic heterocycles. The first-order valence-corrected chi connectivity index (χ1v) is 10.0. The fourth-order valence-electron chi connectivity index (χ4n) is 3.69. The lowest BCUT2D eigenvalue weighted by Crippen LogP contribution is -2.04. The van der Waals surface area contributed by atoms with Gasteiger partial charge >= 0.3 is 0 Å². The van der Waals surface area contributed by atoms with Gasteiger partial charge in [-0.1, -0.05) is 62.4 Å². The van der Waals surface area contributed by atoms with Gasteiger partial charge in [-0.25, -0.2) is 4.98 Å². The molecular formula is C24H25N3O. The second kappa shape index (κ2) is 7.93. The van der Waals surface area contributed by atoms with E-state index in [1.54, 1.807) is 0 Å². The highest BCUT2D eigenvalue weighted by Crippen LogP contribution is 2.31. The summed E-state index contributed by atoms with van der Waals surface area (Å²) in [6, 6.07) is 17.8. The lowest BCUT2D eigenvalue weighted by molar-refractivity contribution is 0.0978. The van der Waals surface area contributed by atoms with Crippen molar-refractivity contribution in [1.29, 1.82) is 0 Å². The van der Waals surface area contributed by atoms with Crippen LogP contribution in [0.4, 0.5) is 0 Å². The predicted molar refractivity (Wildman–Crippen MR) is 114 cm³/mol. The quantitative estimate of drug-likeness (QED) is 0.388. The number of rotatable bonds is 7. The third-order valence-corrected chi connectivity index (χ3v) is 5.46. The lowest BCUT2D eigenvalue weighted by Gasteiger charge is -2.12. The summed E-state index contributed by atoms with van der Waals surface area (Å²) in [5.41, 5.74) is 4.98. The summed E-state index contributed by atoms with van der Waals surface area (Å²) in [5.74, 6) is 0.548. The van der Waals surface area contributed by atoms with E-state index in [2.05, 4.69) is 30.5 Å². The van der Waals surface area contributed by atoms with Crippen LogP contribution >= 0.6 is 0 Å². The number of aryl methyl sites for hydroxylation is 1. The molecule has 4 nitrogen and oxygen atoms in total. The molecule has 4 rings (SSSR count). The van der Waals surface area contributed by atoms with Gasteiger partial charge in [0.1, 0.15) is 5.52 Å². The molecule has 142 valence electrons. The molecule has 2 aromatic carbocycles. The molecule has 1 atom stereocenters. The molecule has 4 heteroatoms. The van der Waals surface area contributed by atoms with Crippen molar-refractivity contribution in [3.63, 3.8) is 0 Å². The third-order valence-electron chi connectivity index (χ3n) is 5.46. The van der Waals surface area contributed by atoms with Crippen molar-refractivity contribution in [3.8, 4) is 0 Å². The molecule has 0 aliphatic heterocycles. The minimum Gasteiger partial charge on any atom is -0.330 e.